The highest BCUT2D eigenvalue weighted by molar-refractivity contribution is 9.10. The van der Waals surface area contributed by atoms with Gasteiger partial charge in [-0.2, -0.15) is 4.90 Å². The van der Waals surface area contributed by atoms with Gasteiger partial charge in [0.05, 0.1) is 12.8 Å². The molecule has 1 aromatic heterocycles. The fourth-order valence-electron chi connectivity index (χ4n) is 1.34. The predicted octanol–water partition coefficient (Wildman–Crippen LogP) is 2.19. The number of anilines is 1. The molecule has 2 amide bonds. The SMILES string of the molecule is O=C(O)N(C(=O)O)c1ncc(Br)nc1OCC1CC1. The maximum atomic E-state index is 10.9. The Bertz CT molecular complexity index is 506. The molecule has 102 valence electrons. The Hall–Kier alpha value is -1.90. The number of halogens is 1. The van der Waals surface area contributed by atoms with E-state index in [-0.39, 0.29) is 16.6 Å². The van der Waals surface area contributed by atoms with Crippen molar-refractivity contribution < 1.29 is 24.5 Å². The summed E-state index contributed by atoms with van der Waals surface area (Å²) in [7, 11) is 0. The van der Waals surface area contributed by atoms with E-state index in [1.54, 1.807) is 0 Å². The molecule has 1 aliphatic rings. The van der Waals surface area contributed by atoms with Gasteiger partial charge < -0.3 is 14.9 Å². The second kappa shape index (κ2) is 5.39. The summed E-state index contributed by atoms with van der Waals surface area (Å²) >= 11 is 3.08. The molecule has 0 unspecified atom stereocenters. The third-order valence-electron chi connectivity index (χ3n) is 2.44. The zero-order valence-electron chi connectivity index (χ0n) is 9.61. The van der Waals surface area contributed by atoms with Crippen LogP contribution < -0.4 is 9.64 Å². The highest BCUT2D eigenvalue weighted by Gasteiger charge is 2.30. The lowest BCUT2D eigenvalue weighted by molar-refractivity contribution is 0.183. The van der Waals surface area contributed by atoms with Crippen molar-refractivity contribution in [3.8, 4) is 5.88 Å². The van der Waals surface area contributed by atoms with Crippen molar-refractivity contribution in [1.82, 2.24) is 9.97 Å². The second-order valence-electron chi connectivity index (χ2n) is 3.98. The van der Waals surface area contributed by atoms with Crippen LogP contribution in [0.2, 0.25) is 0 Å². The van der Waals surface area contributed by atoms with Crippen molar-refractivity contribution in [2.45, 2.75) is 12.8 Å². The average molecular weight is 332 g/mol. The van der Waals surface area contributed by atoms with Crippen LogP contribution in [0.1, 0.15) is 12.8 Å². The van der Waals surface area contributed by atoms with E-state index in [9.17, 15) is 9.59 Å². The molecule has 1 aromatic rings. The van der Waals surface area contributed by atoms with Gasteiger partial charge in [-0.25, -0.2) is 19.6 Å². The van der Waals surface area contributed by atoms with Gasteiger partial charge in [-0.1, -0.05) is 0 Å². The Morgan fingerprint density at radius 3 is 2.58 bits per heavy atom. The summed E-state index contributed by atoms with van der Waals surface area (Å²) in [5.74, 6) is -0.0633. The molecule has 2 rings (SSSR count). The first-order valence-electron chi connectivity index (χ1n) is 5.40. The lowest BCUT2D eigenvalue weighted by Gasteiger charge is -2.15. The molecule has 0 saturated heterocycles. The Morgan fingerprint density at radius 1 is 1.42 bits per heavy atom. The Labute approximate surface area is 116 Å². The molecule has 0 radical (unpaired) electrons. The molecule has 19 heavy (non-hydrogen) atoms. The molecule has 9 heteroatoms. The molecule has 0 atom stereocenters. The molecule has 1 fully saturated rings. The number of ether oxygens (including phenoxy) is 1. The van der Waals surface area contributed by atoms with E-state index in [4.69, 9.17) is 14.9 Å². The minimum atomic E-state index is -1.67. The van der Waals surface area contributed by atoms with Crippen LogP contribution in [0, 0.1) is 5.92 Å². The minimum Gasteiger partial charge on any atom is -0.475 e. The van der Waals surface area contributed by atoms with Crippen molar-refractivity contribution in [3.05, 3.63) is 10.8 Å². The minimum absolute atomic E-state index is 0.0711. The van der Waals surface area contributed by atoms with Crippen LogP contribution in [-0.2, 0) is 0 Å². The van der Waals surface area contributed by atoms with Crippen LogP contribution in [-0.4, -0.2) is 39.0 Å². The molecule has 0 bridgehead atoms. The standard InChI is InChI=1S/C10H10BrN3O5/c11-6-3-12-7(14(9(15)16)10(17)18)8(13-6)19-4-5-1-2-5/h3,5H,1-2,4H2,(H,15,16)(H,17,18). The molecule has 0 spiro atoms. The van der Waals surface area contributed by atoms with Crippen LogP contribution in [0.15, 0.2) is 10.8 Å². The number of carbonyl (C=O) groups is 2. The van der Waals surface area contributed by atoms with Gasteiger partial charge in [-0.3, -0.25) is 0 Å². The fraction of sp³-hybridized carbons (Fsp3) is 0.400. The summed E-state index contributed by atoms with van der Waals surface area (Å²) < 4.78 is 5.68. The van der Waals surface area contributed by atoms with E-state index in [2.05, 4.69) is 25.9 Å². The van der Waals surface area contributed by atoms with Gasteiger partial charge in [0.15, 0.2) is 0 Å². The summed E-state index contributed by atoms with van der Waals surface area (Å²) in [5, 5.41) is 17.8. The largest absolute Gasteiger partial charge is 0.475 e. The monoisotopic (exact) mass is 331 g/mol. The normalized spacial score (nSPS) is 13.9. The average Bonchev–Trinajstić information content (AvgIpc) is 3.12. The topological polar surface area (TPSA) is 113 Å². The number of carboxylic acid groups (broad SMARTS) is 2. The van der Waals surface area contributed by atoms with Crippen LogP contribution in [0.5, 0.6) is 5.88 Å². The van der Waals surface area contributed by atoms with Crippen LogP contribution in [0.25, 0.3) is 0 Å². The van der Waals surface area contributed by atoms with Crippen LogP contribution in [0.3, 0.4) is 0 Å². The second-order valence-corrected chi connectivity index (χ2v) is 4.79. The quantitative estimate of drug-likeness (QED) is 0.869. The zero-order chi connectivity index (χ0) is 14.0. The number of amides is 2. The van der Waals surface area contributed by atoms with Gasteiger partial charge in [-0.15, -0.1) is 0 Å². The van der Waals surface area contributed by atoms with E-state index in [0.29, 0.717) is 17.1 Å². The Morgan fingerprint density at radius 2 is 2.05 bits per heavy atom. The molecular weight excluding hydrogens is 322 g/mol. The first-order chi connectivity index (χ1) is 8.99. The molecular formula is C10H10BrN3O5. The summed E-state index contributed by atoms with van der Waals surface area (Å²) in [5.41, 5.74) is 0. The first kappa shape index (κ1) is 13.5. The van der Waals surface area contributed by atoms with E-state index < -0.39 is 12.2 Å². The molecule has 0 aliphatic heterocycles. The van der Waals surface area contributed by atoms with Crippen molar-refractivity contribution in [2.24, 2.45) is 5.92 Å². The lowest BCUT2D eigenvalue weighted by Crippen LogP contribution is -2.35. The molecule has 0 aromatic carbocycles. The number of imide groups is 1. The Balaban J connectivity index is 2.30. The summed E-state index contributed by atoms with van der Waals surface area (Å²) in [6, 6.07) is 0. The van der Waals surface area contributed by atoms with Gasteiger partial charge in [0.2, 0.25) is 5.82 Å². The third kappa shape index (κ3) is 3.31. The molecule has 8 nitrogen and oxygen atoms in total. The highest BCUT2D eigenvalue weighted by Crippen LogP contribution is 2.32. The molecule has 2 N–H and O–H groups in total. The van der Waals surface area contributed by atoms with Crippen molar-refractivity contribution in [2.75, 3.05) is 11.5 Å². The third-order valence-corrected chi connectivity index (χ3v) is 2.82. The van der Waals surface area contributed by atoms with Crippen LogP contribution in [0.4, 0.5) is 15.4 Å². The summed E-state index contributed by atoms with van der Waals surface area (Å²) in [4.78, 5) is 29.6. The van der Waals surface area contributed by atoms with Gasteiger partial charge in [-0.05, 0) is 34.7 Å². The summed E-state index contributed by atoms with van der Waals surface area (Å²) in [6.45, 7) is 0.366. The number of nitrogens with zero attached hydrogens (tertiary/aromatic N) is 3. The molecule has 1 heterocycles. The van der Waals surface area contributed by atoms with E-state index >= 15 is 0 Å². The van der Waals surface area contributed by atoms with E-state index in [0.717, 1.165) is 12.8 Å². The maximum Gasteiger partial charge on any atom is 0.422 e. The van der Waals surface area contributed by atoms with Gasteiger partial charge >= 0.3 is 12.2 Å². The number of aromatic nitrogens is 2. The smallest absolute Gasteiger partial charge is 0.422 e. The zero-order valence-corrected chi connectivity index (χ0v) is 11.2. The number of hydrogen-bond donors (Lipinski definition) is 2. The molecule has 1 aliphatic carbocycles. The summed E-state index contributed by atoms with van der Waals surface area (Å²) in [6.07, 6.45) is -0.0460. The van der Waals surface area contributed by atoms with Gasteiger partial charge in [0.25, 0.3) is 5.88 Å². The highest BCUT2D eigenvalue weighted by atomic mass is 79.9. The van der Waals surface area contributed by atoms with Gasteiger partial charge in [0, 0.05) is 0 Å². The Kier molecular flexibility index (Phi) is 3.84. The number of rotatable bonds is 4. The van der Waals surface area contributed by atoms with E-state index in [1.165, 1.54) is 6.20 Å². The predicted molar refractivity (Wildman–Crippen MR) is 66.5 cm³/mol. The first-order valence-corrected chi connectivity index (χ1v) is 6.19. The van der Waals surface area contributed by atoms with Crippen LogP contribution >= 0.6 is 15.9 Å². The van der Waals surface area contributed by atoms with E-state index in [1.807, 2.05) is 0 Å². The molecule has 1 saturated carbocycles. The lowest BCUT2D eigenvalue weighted by atomic mass is 10.4. The van der Waals surface area contributed by atoms with Gasteiger partial charge in [0.1, 0.15) is 4.60 Å². The van der Waals surface area contributed by atoms with Crippen molar-refractivity contribution in [3.63, 3.8) is 0 Å². The van der Waals surface area contributed by atoms with Crippen molar-refractivity contribution in [1.29, 1.82) is 0 Å². The van der Waals surface area contributed by atoms with Crippen molar-refractivity contribution >= 4 is 33.9 Å². The maximum absolute atomic E-state index is 10.9. The fourth-order valence-corrected chi connectivity index (χ4v) is 1.60. The number of hydrogen-bond acceptors (Lipinski definition) is 5.